The lowest BCUT2D eigenvalue weighted by atomic mass is 10.2. The number of nitrogens with one attached hydrogen (secondary N) is 1. The molecule has 1 aliphatic rings. The fourth-order valence-electron chi connectivity index (χ4n) is 3.68. The molecular weight excluding hydrogens is 496 g/mol. The van der Waals surface area contributed by atoms with Crippen LogP contribution in [0.1, 0.15) is 10.4 Å². The summed E-state index contributed by atoms with van der Waals surface area (Å²) in [5, 5.41) is 4.92. The van der Waals surface area contributed by atoms with Gasteiger partial charge in [-0.2, -0.15) is 9.40 Å². The molecule has 0 aliphatic carbocycles. The van der Waals surface area contributed by atoms with Crippen LogP contribution in [0.15, 0.2) is 70.7 Å². The van der Waals surface area contributed by atoms with Crippen molar-refractivity contribution in [2.45, 2.75) is 4.90 Å². The Morgan fingerprint density at radius 3 is 2.54 bits per heavy atom. The predicted octanol–water partition coefficient (Wildman–Crippen LogP) is 1.64. The Balaban J connectivity index is 1.37. The summed E-state index contributed by atoms with van der Waals surface area (Å²) < 4.78 is 34.5. The zero-order valence-corrected chi connectivity index (χ0v) is 19.7. The summed E-state index contributed by atoms with van der Waals surface area (Å²) in [4.78, 5) is 30.0. The van der Waals surface area contributed by atoms with Gasteiger partial charge in [-0.1, -0.05) is 17.7 Å². The Hall–Kier alpha value is -3.58. The molecule has 1 amide bonds. The maximum atomic E-state index is 12.9. The minimum atomic E-state index is -3.68. The Bertz CT molecular complexity index is 1580. The van der Waals surface area contributed by atoms with Crippen molar-refractivity contribution in [3.8, 4) is 5.69 Å². The average Bonchev–Trinajstić information content (AvgIpc) is 3.31. The van der Waals surface area contributed by atoms with E-state index in [1.807, 2.05) is 0 Å². The van der Waals surface area contributed by atoms with Gasteiger partial charge in [0, 0.05) is 23.7 Å². The van der Waals surface area contributed by atoms with Gasteiger partial charge in [-0.05, 0) is 42.5 Å². The second-order valence-corrected chi connectivity index (χ2v) is 10.0. The zero-order chi connectivity index (χ0) is 24.6. The van der Waals surface area contributed by atoms with E-state index in [0.717, 1.165) is 4.68 Å². The van der Waals surface area contributed by atoms with Crippen LogP contribution in [-0.4, -0.2) is 64.4 Å². The molecule has 13 heteroatoms. The van der Waals surface area contributed by atoms with Crippen LogP contribution in [0.3, 0.4) is 0 Å². The lowest BCUT2D eigenvalue weighted by molar-refractivity contribution is 0.0730. The number of nitrogens with zero attached hydrogens (tertiary/aromatic N) is 5. The van der Waals surface area contributed by atoms with Gasteiger partial charge in [-0.15, -0.1) is 0 Å². The quantitative estimate of drug-likeness (QED) is 0.428. The number of hydrogen-bond acceptors (Lipinski definition) is 7. The van der Waals surface area contributed by atoms with Gasteiger partial charge in [-0.3, -0.25) is 15.0 Å². The number of carbonyl (C=O) groups is 1. The van der Waals surface area contributed by atoms with Crippen molar-refractivity contribution in [1.29, 1.82) is 0 Å². The smallest absolute Gasteiger partial charge is 0.283 e. The van der Waals surface area contributed by atoms with E-state index in [9.17, 15) is 18.0 Å². The second kappa shape index (κ2) is 9.23. The van der Waals surface area contributed by atoms with E-state index in [2.05, 4.69) is 15.5 Å². The summed E-state index contributed by atoms with van der Waals surface area (Å²) in [7, 11) is -3.68. The van der Waals surface area contributed by atoms with Crippen LogP contribution in [-0.2, 0) is 14.8 Å². The summed E-state index contributed by atoms with van der Waals surface area (Å²) in [5.41, 5.74) is 3.05. The molecule has 1 fully saturated rings. The summed E-state index contributed by atoms with van der Waals surface area (Å²) in [6, 6.07) is 12.4. The first-order valence-electron chi connectivity index (χ1n) is 10.6. The van der Waals surface area contributed by atoms with Crippen LogP contribution in [0.5, 0.6) is 0 Å². The highest BCUT2D eigenvalue weighted by molar-refractivity contribution is 7.89. The number of amides is 1. The molecule has 0 radical (unpaired) electrons. The molecule has 0 unspecified atom stereocenters. The van der Waals surface area contributed by atoms with Gasteiger partial charge >= 0.3 is 0 Å². The Labute approximate surface area is 204 Å². The summed E-state index contributed by atoms with van der Waals surface area (Å²) in [6.45, 7) is 1.23. The van der Waals surface area contributed by atoms with E-state index in [-0.39, 0.29) is 28.9 Å². The molecule has 1 aliphatic heterocycles. The number of ether oxygens (including phenoxy) is 1. The van der Waals surface area contributed by atoms with E-state index < -0.39 is 21.5 Å². The lowest BCUT2D eigenvalue weighted by Crippen LogP contribution is -2.40. The topological polar surface area (TPSA) is 128 Å². The van der Waals surface area contributed by atoms with Gasteiger partial charge < -0.3 is 4.74 Å². The van der Waals surface area contributed by atoms with Gasteiger partial charge in [0.15, 0.2) is 5.65 Å². The predicted molar refractivity (Wildman–Crippen MR) is 128 cm³/mol. The Morgan fingerprint density at radius 1 is 1.09 bits per heavy atom. The highest BCUT2D eigenvalue weighted by Crippen LogP contribution is 2.19. The number of morpholine rings is 1. The normalized spacial score (nSPS) is 14.8. The molecule has 1 saturated heterocycles. The molecule has 1 N–H and O–H groups in total. The molecule has 0 atom stereocenters. The number of carbonyl (C=O) groups excluding carboxylic acids is 1. The molecular formula is C22H19ClN6O5S. The Kier molecular flexibility index (Phi) is 6.11. The van der Waals surface area contributed by atoms with Crippen molar-refractivity contribution >= 4 is 38.6 Å². The van der Waals surface area contributed by atoms with Gasteiger partial charge in [0.1, 0.15) is 11.7 Å². The number of hydrogen-bond donors (Lipinski definition) is 1. The molecule has 2 aromatic carbocycles. The van der Waals surface area contributed by atoms with Crippen molar-refractivity contribution in [3.63, 3.8) is 0 Å². The van der Waals surface area contributed by atoms with Gasteiger partial charge in [0.25, 0.3) is 11.5 Å². The third-order valence-electron chi connectivity index (χ3n) is 5.49. The number of benzene rings is 2. The SMILES string of the molecule is O=C(Nn1cnc2c(cnn2-c2cccc(Cl)c2)c1=O)c1ccc(S(=O)(=O)N2CCOCC2)cc1. The van der Waals surface area contributed by atoms with Crippen molar-refractivity contribution in [3.05, 3.63) is 82.0 Å². The molecule has 180 valence electrons. The first kappa shape index (κ1) is 23.2. The van der Waals surface area contributed by atoms with E-state index in [0.29, 0.717) is 29.6 Å². The van der Waals surface area contributed by atoms with Crippen molar-refractivity contribution in [2.75, 3.05) is 31.7 Å². The number of fused-ring (bicyclic) bond motifs is 1. The average molecular weight is 515 g/mol. The maximum absolute atomic E-state index is 12.9. The molecule has 0 spiro atoms. The third-order valence-corrected chi connectivity index (χ3v) is 7.64. The van der Waals surface area contributed by atoms with E-state index >= 15 is 0 Å². The number of halogens is 1. The fraction of sp³-hybridized carbons (Fsp3) is 0.182. The molecule has 0 bridgehead atoms. The van der Waals surface area contributed by atoms with Crippen LogP contribution >= 0.6 is 11.6 Å². The number of rotatable bonds is 5. The van der Waals surface area contributed by atoms with Gasteiger partial charge in [-0.25, -0.2) is 22.8 Å². The lowest BCUT2D eigenvalue weighted by Gasteiger charge is -2.26. The van der Waals surface area contributed by atoms with Gasteiger partial charge in [0.05, 0.1) is 30.0 Å². The second-order valence-electron chi connectivity index (χ2n) is 7.68. The first-order valence-corrected chi connectivity index (χ1v) is 12.4. The molecule has 0 saturated carbocycles. The molecule has 3 heterocycles. The van der Waals surface area contributed by atoms with Crippen LogP contribution in [0.25, 0.3) is 16.7 Å². The van der Waals surface area contributed by atoms with Crippen LogP contribution in [0.4, 0.5) is 0 Å². The largest absolute Gasteiger partial charge is 0.379 e. The van der Waals surface area contributed by atoms with E-state index in [1.54, 1.807) is 24.3 Å². The third kappa shape index (κ3) is 4.44. The summed E-state index contributed by atoms with van der Waals surface area (Å²) >= 11 is 6.04. The first-order chi connectivity index (χ1) is 16.8. The van der Waals surface area contributed by atoms with Crippen molar-refractivity contribution in [1.82, 2.24) is 23.7 Å². The van der Waals surface area contributed by atoms with E-state index in [1.165, 1.54) is 45.8 Å². The van der Waals surface area contributed by atoms with E-state index in [4.69, 9.17) is 16.3 Å². The summed E-state index contributed by atoms with van der Waals surface area (Å²) in [6.07, 6.45) is 2.54. The minimum absolute atomic E-state index is 0.0737. The van der Waals surface area contributed by atoms with Gasteiger partial charge in [0.2, 0.25) is 10.0 Å². The van der Waals surface area contributed by atoms with Crippen LogP contribution in [0, 0.1) is 0 Å². The van der Waals surface area contributed by atoms with Crippen LogP contribution in [0.2, 0.25) is 5.02 Å². The number of sulfonamides is 1. The molecule has 5 rings (SSSR count). The minimum Gasteiger partial charge on any atom is -0.379 e. The standard InChI is InChI=1S/C22H19ClN6O5S/c23-16-2-1-3-17(12-16)29-20-19(13-25-29)22(31)28(14-24-20)26-21(30)15-4-6-18(7-5-15)35(32,33)27-8-10-34-11-9-27/h1-7,12-14H,8-11H2,(H,26,30). The summed E-state index contributed by atoms with van der Waals surface area (Å²) in [5.74, 6) is -0.606. The molecule has 35 heavy (non-hydrogen) atoms. The molecule has 11 nitrogen and oxygen atoms in total. The van der Waals surface area contributed by atoms with Crippen LogP contribution < -0.4 is 11.0 Å². The highest BCUT2D eigenvalue weighted by Gasteiger charge is 2.26. The van der Waals surface area contributed by atoms with Crippen molar-refractivity contribution in [2.24, 2.45) is 0 Å². The Morgan fingerprint density at radius 2 is 1.83 bits per heavy atom. The monoisotopic (exact) mass is 514 g/mol. The maximum Gasteiger partial charge on any atom is 0.283 e. The molecule has 4 aromatic rings. The fourth-order valence-corrected chi connectivity index (χ4v) is 5.27. The molecule has 2 aromatic heterocycles. The zero-order valence-electron chi connectivity index (χ0n) is 18.2. The highest BCUT2D eigenvalue weighted by atomic mass is 35.5. The van der Waals surface area contributed by atoms with Crippen molar-refractivity contribution < 1.29 is 17.9 Å². The number of aromatic nitrogens is 4.